The van der Waals surface area contributed by atoms with Crippen molar-refractivity contribution >= 4 is 6.08 Å². The van der Waals surface area contributed by atoms with Gasteiger partial charge in [0, 0.05) is 18.7 Å². The Morgan fingerprint density at radius 3 is 3.26 bits per heavy atom. The molecular weight excluding hydrogens is 234 g/mol. The van der Waals surface area contributed by atoms with Gasteiger partial charge in [-0.1, -0.05) is 17.7 Å². The highest BCUT2D eigenvalue weighted by Crippen LogP contribution is 2.54. The Labute approximate surface area is 115 Å². The van der Waals surface area contributed by atoms with E-state index in [0.717, 1.165) is 18.7 Å². The summed E-state index contributed by atoms with van der Waals surface area (Å²) < 4.78 is 5.49. The zero-order valence-electron chi connectivity index (χ0n) is 11.6. The van der Waals surface area contributed by atoms with Crippen molar-refractivity contribution in [2.24, 2.45) is 5.92 Å². The van der Waals surface area contributed by atoms with Gasteiger partial charge in [0.1, 0.15) is 0 Å². The Bertz CT molecular complexity index is 518. The van der Waals surface area contributed by atoms with Crippen LogP contribution < -0.4 is 0 Å². The Balaban J connectivity index is 2.14. The van der Waals surface area contributed by atoms with Crippen molar-refractivity contribution in [3.8, 4) is 0 Å². The predicted octanol–water partition coefficient (Wildman–Crippen LogP) is 3.74. The van der Waals surface area contributed by atoms with E-state index in [-0.39, 0.29) is 5.41 Å². The van der Waals surface area contributed by atoms with Gasteiger partial charge >= 0.3 is 0 Å². The Hall–Kier alpha value is -1.41. The fourth-order valence-electron chi connectivity index (χ4n) is 4.00. The van der Waals surface area contributed by atoms with Gasteiger partial charge < -0.3 is 4.74 Å². The molecule has 19 heavy (non-hydrogen) atoms. The number of hydrogen-bond acceptors (Lipinski definition) is 2. The monoisotopic (exact) mass is 255 g/mol. The van der Waals surface area contributed by atoms with Crippen LogP contribution in [0.2, 0.25) is 0 Å². The molecule has 100 valence electrons. The lowest BCUT2D eigenvalue weighted by atomic mass is 9.60. The topological polar surface area (TPSA) is 22.1 Å². The molecule has 1 aromatic rings. The fraction of sp³-hybridized carbons (Fsp3) is 0.471. The van der Waals surface area contributed by atoms with E-state index in [4.69, 9.17) is 4.74 Å². The third-order valence-corrected chi connectivity index (χ3v) is 4.73. The van der Waals surface area contributed by atoms with Crippen LogP contribution in [0.1, 0.15) is 36.9 Å². The van der Waals surface area contributed by atoms with Crippen LogP contribution in [0.5, 0.6) is 0 Å². The second-order valence-electron chi connectivity index (χ2n) is 5.61. The highest BCUT2D eigenvalue weighted by Gasteiger charge is 2.48. The number of pyridine rings is 1. The molecule has 0 radical (unpaired) electrons. The maximum Gasteiger partial charge on any atom is 0.0670 e. The molecule has 2 atom stereocenters. The summed E-state index contributed by atoms with van der Waals surface area (Å²) in [6, 6.07) is 4.29. The van der Waals surface area contributed by atoms with E-state index in [1.54, 1.807) is 7.11 Å². The number of fused-ring (bicyclic) bond motifs is 3. The van der Waals surface area contributed by atoms with Crippen molar-refractivity contribution < 1.29 is 4.74 Å². The minimum atomic E-state index is 0.0968. The Morgan fingerprint density at radius 1 is 1.58 bits per heavy atom. The first-order valence-electron chi connectivity index (χ1n) is 7.09. The van der Waals surface area contributed by atoms with Crippen LogP contribution in [-0.4, -0.2) is 18.7 Å². The van der Waals surface area contributed by atoms with E-state index < -0.39 is 0 Å². The van der Waals surface area contributed by atoms with Crippen LogP contribution in [0.15, 0.2) is 36.6 Å². The number of nitrogens with zero attached hydrogens (tertiary/aromatic N) is 1. The number of ether oxygens (including phenoxy) is 1. The molecule has 1 aromatic heterocycles. The summed E-state index contributed by atoms with van der Waals surface area (Å²) in [7, 11) is 1.80. The van der Waals surface area contributed by atoms with Crippen LogP contribution in [0.3, 0.4) is 0 Å². The van der Waals surface area contributed by atoms with E-state index in [2.05, 4.69) is 35.8 Å². The number of aromatic nitrogens is 1. The van der Waals surface area contributed by atoms with Crippen LogP contribution >= 0.6 is 0 Å². The van der Waals surface area contributed by atoms with Gasteiger partial charge in [-0.25, -0.2) is 0 Å². The van der Waals surface area contributed by atoms with Crippen molar-refractivity contribution in [2.45, 2.75) is 31.1 Å². The highest BCUT2D eigenvalue weighted by molar-refractivity contribution is 5.67. The summed E-state index contributed by atoms with van der Waals surface area (Å²) in [6.45, 7) is 4.81. The zero-order valence-corrected chi connectivity index (χ0v) is 11.6. The van der Waals surface area contributed by atoms with Crippen molar-refractivity contribution in [3.63, 3.8) is 0 Å². The first-order valence-corrected chi connectivity index (χ1v) is 7.09. The first-order chi connectivity index (χ1) is 9.32. The second-order valence-corrected chi connectivity index (χ2v) is 5.61. The smallest absolute Gasteiger partial charge is 0.0670 e. The van der Waals surface area contributed by atoms with E-state index in [1.165, 1.54) is 30.4 Å². The average Bonchev–Trinajstić information content (AvgIpc) is 2.75. The lowest BCUT2D eigenvalue weighted by molar-refractivity contribution is 0.0987. The highest BCUT2D eigenvalue weighted by atomic mass is 16.5. The molecular formula is C17H21NO. The maximum absolute atomic E-state index is 5.49. The number of rotatable bonds is 4. The third-order valence-electron chi connectivity index (χ3n) is 4.73. The molecule has 0 aromatic carbocycles. The number of hydrogen-bond donors (Lipinski definition) is 0. The van der Waals surface area contributed by atoms with Crippen LogP contribution in [0.4, 0.5) is 0 Å². The molecule has 0 bridgehead atoms. The molecule has 2 heteroatoms. The van der Waals surface area contributed by atoms with Gasteiger partial charge in [-0.05, 0) is 49.3 Å². The molecule has 1 saturated carbocycles. The van der Waals surface area contributed by atoms with Gasteiger partial charge in [0.15, 0.2) is 0 Å². The predicted molar refractivity (Wildman–Crippen MR) is 77.9 cm³/mol. The van der Waals surface area contributed by atoms with Gasteiger partial charge in [-0.2, -0.15) is 0 Å². The third kappa shape index (κ3) is 1.78. The number of allylic oxidation sites excluding steroid dienone is 2. The lowest BCUT2D eigenvalue weighted by Gasteiger charge is -2.44. The van der Waals surface area contributed by atoms with Crippen molar-refractivity contribution in [1.82, 2.24) is 4.98 Å². The molecule has 0 saturated heterocycles. The maximum atomic E-state index is 5.49. The first kappa shape index (κ1) is 12.6. The van der Waals surface area contributed by atoms with Gasteiger partial charge in [0.2, 0.25) is 0 Å². The van der Waals surface area contributed by atoms with Crippen molar-refractivity contribution in [3.05, 3.63) is 47.8 Å². The molecule has 0 spiro atoms. The second kappa shape index (κ2) is 4.93. The van der Waals surface area contributed by atoms with Crippen LogP contribution in [0.25, 0.3) is 6.08 Å². The van der Waals surface area contributed by atoms with Gasteiger partial charge in [-0.15, -0.1) is 6.58 Å². The Kier molecular flexibility index (Phi) is 3.28. The molecule has 2 aliphatic rings. The molecule has 3 rings (SSSR count). The molecule has 0 unspecified atom stereocenters. The van der Waals surface area contributed by atoms with Crippen molar-refractivity contribution in [1.29, 1.82) is 0 Å². The van der Waals surface area contributed by atoms with Gasteiger partial charge in [-0.3, -0.25) is 4.98 Å². The number of methoxy groups -OCH3 is 1. The van der Waals surface area contributed by atoms with Crippen molar-refractivity contribution in [2.75, 3.05) is 13.7 Å². The normalized spacial score (nSPS) is 28.5. The molecule has 0 amide bonds. The van der Waals surface area contributed by atoms with Gasteiger partial charge in [0.25, 0.3) is 0 Å². The molecule has 2 nitrogen and oxygen atoms in total. The molecule has 1 fully saturated rings. The standard InChI is InChI=1S/C17H21NO/c1-3-9-17-13(6-4-7-14(17)12-19-2)11-16-15(17)8-5-10-18-16/h3,5,8,10-11,14H,1,4,6-7,9,12H2,2H3/t14-,17+/m0/s1. The summed E-state index contributed by atoms with van der Waals surface area (Å²) in [5.74, 6) is 0.543. The largest absolute Gasteiger partial charge is 0.384 e. The summed E-state index contributed by atoms with van der Waals surface area (Å²) in [4.78, 5) is 4.55. The lowest BCUT2D eigenvalue weighted by Crippen LogP contribution is -2.40. The Morgan fingerprint density at radius 2 is 2.47 bits per heavy atom. The van der Waals surface area contributed by atoms with Crippen LogP contribution in [-0.2, 0) is 10.2 Å². The van der Waals surface area contributed by atoms with E-state index in [0.29, 0.717) is 5.92 Å². The molecule has 0 N–H and O–H groups in total. The van der Waals surface area contributed by atoms with Crippen LogP contribution in [0, 0.1) is 5.92 Å². The zero-order chi connectivity index (χ0) is 13.3. The molecule has 1 heterocycles. The quantitative estimate of drug-likeness (QED) is 0.765. The fourth-order valence-corrected chi connectivity index (χ4v) is 4.00. The average molecular weight is 255 g/mol. The summed E-state index contributed by atoms with van der Waals surface area (Å²) in [5.41, 5.74) is 4.17. The van der Waals surface area contributed by atoms with E-state index in [1.807, 2.05) is 6.20 Å². The summed E-state index contributed by atoms with van der Waals surface area (Å²) >= 11 is 0. The molecule has 2 aliphatic carbocycles. The SMILES string of the molecule is C=CC[C@]12C(=Cc3ncccc31)CCC[C@H]2COC. The minimum absolute atomic E-state index is 0.0968. The van der Waals surface area contributed by atoms with Gasteiger partial charge in [0.05, 0.1) is 12.3 Å². The van der Waals surface area contributed by atoms with E-state index >= 15 is 0 Å². The van der Waals surface area contributed by atoms with E-state index in [9.17, 15) is 0 Å². The minimum Gasteiger partial charge on any atom is -0.384 e. The summed E-state index contributed by atoms with van der Waals surface area (Å²) in [6.07, 6.45) is 10.9. The molecule has 0 aliphatic heterocycles. The summed E-state index contributed by atoms with van der Waals surface area (Å²) in [5, 5.41) is 0.